The van der Waals surface area contributed by atoms with Gasteiger partial charge in [-0.3, -0.25) is 24.0 Å². The molecule has 4 atom stereocenters. The van der Waals surface area contributed by atoms with Crippen molar-refractivity contribution in [3.63, 3.8) is 0 Å². The Kier molecular flexibility index (Phi) is 17.6. The quantitative estimate of drug-likeness (QED) is 0.112. The van der Waals surface area contributed by atoms with E-state index >= 15 is 0 Å². The number of rotatable bonds is 20. The highest BCUT2D eigenvalue weighted by atomic mass is 32.2. The predicted molar refractivity (Wildman–Crippen MR) is 226 cm³/mol. The number of hydrogen-bond donors (Lipinski definition) is 2. The van der Waals surface area contributed by atoms with Crippen LogP contribution < -0.4 is 15.4 Å². The molecule has 0 bridgehead atoms. The van der Waals surface area contributed by atoms with Gasteiger partial charge in [-0.25, -0.2) is 8.42 Å². The fourth-order valence-electron chi connectivity index (χ4n) is 5.94. The van der Waals surface area contributed by atoms with Crippen LogP contribution in [-0.2, 0) is 56.3 Å². The van der Waals surface area contributed by atoms with E-state index in [1.165, 1.54) is 25.1 Å². The standard InChI is InChI=1S/C46H60N2O10S/c1-31(2)42(39(49)26-32(3)43(52)47-36(29-41(51)58-46(7,8)9)24-25-59(54,55)38-18-14-11-15-19-38)48-44(53)35(28-40(50)56-30-34-16-12-10-13-17-34)27-33-20-22-37(23-21-33)57-45(4,5)6/h10-25,31-32,35-36,42H,26-30H2,1-9H3,(H,47,52)(H,48,53)/b25-24+/t32-,35-,36-,42+/m1/s1. The summed E-state index contributed by atoms with van der Waals surface area (Å²) in [5.41, 5.74) is 0.332. The highest BCUT2D eigenvalue weighted by Gasteiger charge is 2.32. The van der Waals surface area contributed by atoms with Crippen molar-refractivity contribution in [3.8, 4) is 5.75 Å². The van der Waals surface area contributed by atoms with E-state index in [0.29, 0.717) is 5.75 Å². The number of carbonyl (C=O) groups excluding carboxylic acids is 5. The van der Waals surface area contributed by atoms with Crippen molar-refractivity contribution in [1.82, 2.24) is 10.6 Å². The van der Waals surface area contributed by atoms with Gasteiger partial charge >= 0.3 is 11.9 Å². The van der Waals surface area contributed by atoms with E-state index < -0.39 is 74.5 Å². The fourth-order valence-corrected chi connectivity index (χ4v) is 7.03. The summed E-state index contributed by atoms with van der Waals surface area (Å²) >= 11 is 0. The molecule has 0 aliphatic carbocycles. The van der Waals surface area contributed by atoms with E-state index in [0.717, 1.165) is 16.5 Å². The van der Waals surface area contributed by atoms with Crippen molar-refractivity contribution in [1.29, 1.82) is 0 Å². The summed E-state index contributed by atoms with van der Waals surface area (Å²) in [7, 11) is -3.91. The zero-order valence-electron chi connectivity index (χ0n) is 35.7. The summed E-state index contributed by atoms with van der Waals surface area (Å²) in [6.07, 6.45) is 0.498. The minimum Gasteiger partial charge on any atom is -0.488 e. The second kappa shape index (κ2) is 21.6. The summed E-state index contributed by atoms with van der Waals surface area (Å²) in [5, 5.41) is 6.47. The van der Waals surface area contributed by atoms with E-state index in [1.54, 1.807) is 65.0 Å². The molecular formula is C46H60N2O10S. The first-order valence-corrected chi connectivity index (χ1v) is 21.4. The van der Waals surface area contributed by atoms with Crippen molar-refractivity contribution >= 4 is 39.4 Å². The maximum absolute atomic E-state index is 14.0. The molecule has 0 radical (unpaired) electrons. The molecule has 0 aromatic heterocycles. The van der Waals surface area contributed by atoms with E-state index in [9.17, 15) is 32.4 Å². The van der Waals surface area contributed by atoms with Gasteiger partial charge in [0, 0.05) is 17.7 Å². The zero-order chi connectivity index (χ0) is 44.0. The normalized spacial score (nSPS) is 14.1. The van der Waals surface area contributed by atoms with Crippen molar-refractivity contribution in [2.45, 2.75) is 123 Å². The lowest BCUT2D eigenvalue weighted by Crippen LogP contribution is -2.48. The Balaban J connectivity index is 1.76. The maximum Gasteiger partial charge on any atom is 0.308 e. The van der Waals surface area contributed by atoms with Crippen LogP contribution in [0.5, 0.6) is 5.75 Å². The zero-order valence-corrected chi connectivity index (χ0v) is 36.5. The van der Waals surface area contributed by atoms with Crippen LogP contribution in [0.4, 0.5) is 0 Å². The maximum atomic E-state index is 14.0. The van der Waals surface area contributed by atoms with Crippen LogP contribution in [0.3, 0.4) is 0 Å². The number of nitrogens with one attached hydrogen (secondary N) is 2. The first-order chi connectivity index (χ1) is 27.5. The predicted octanol–water partition coefficient (Wildman–Crippen LogP) is 7.10. The Labute approximate surface area is 349 Å². The number of ketones is 1. The van der Waals surface area contributed by atoms with Crippen molar-refractivity contribution < 1.29 is 46.6 Å². The first-order valence-electron chi connectivity index (χ1n) is 19.8. The second-order valence-electron chi connectivity index (χ2n) is 17.0. The van der Waals surface area contributed by atoms with Gasteiger partial charge in [0.25, 0.3) is 0 Å². The molecule has 0 aliphatic heterocycles. The van der Waals surface area contributed by atoms with Crippen LogP contribution in [0.1, 0.15) is 92.7 Å². The number of hydrogen-bond acceptors (Lipinski definition) is 10. The largest absolute Gasteiger partial charge is 0.488 e. The lowest BCUT2D eigenvalue weighted by atomic mass is 9.90. The van der Waals surface area contributed by atoms with Crippen LogP contribution in [-0.4, -0.2) is 61.2 Å². The molecule has 0 aliphatic rings. The Morgan fingerprint density at radius 2 is 1.27 bits per heavy atom. The molecule has 320 valence electrons. The molecule has 0 fully saturated rings. The Morgan fingerprint density at radius 3 is 1.83 bits per heavy atom. The molecule has 2 N–H and O–H groups in total. The monoisotopic (exact) mass is 832 g/mol. The van der Waals surface area contributed by atoms with E-state index in [-0.39, 0.29) is 43.1 Å². The average Bonchev–Trinajstić information content (AvgIpc) is 3.14. The molecular weight excluding hydrogens is 773 g/mol. The molecule has 59 heavy (non-hydrogen) atoms. The van der Waals surface area contributed by atoms with Gasteiger partial charge in [-0.05, 0) is 95.3 Å². The lowest BCUT2D eigenvalue weighted by molar-refractivity contribution is -0.155. The Bertz CT molecular complexity index is 2000. The van der Waals surface area contributed by atoms with Crippen LogP contribution in [0, 0.1) is 17.8 Å². The summed E-state index contributed by atoms with van der Waals surface area (Å²) in [6, 6.07) is 22.0. The lowest BCUT2D eigenvalue weighted by Gasteiger charge is -2.26. The third-order valence-electron chi connectivity index (χ3n) is 8.82. The summed E-state index contributed by atoms with van der Waals surface area (Å²) in [4.78, 5) is 67.2. The van der Waals surface area contributed by atoms with Gasteiger partial charge in [0.05, 0.1) is 35.7 Å². The van der Waals surface area contributed by atoms with Gasteiger partial charge in [-0.1, -0.05) is 81.4 Å². The number of amides is 2. The van der Waals surface area contributed by atoms with Crippen molar-refractivity contribution in [3.05, 3.63) is 108 Å². The first kappa shape index (κ1) is 48.1. The highest BCUT2D eigenvalue weighted by molar-refractivity contribution is 7.94. The number of esters is 2. The smallest absolute Gasteiger partial charge is 0.308 e. The molecule has 0 spiro atoms. The SMILES string of the molecule is CC(C)[C@H](NC(=O)[C@@H](CC(=O)OCc1ccccc1)Cc1ccc(OC(C)(C)C)cc1)C(=O)C[C@@H](C)C(=O)N[C@H](/C=C/S(=O)(=O)c1ccccc1)CC(=O)OC(C)(C)C. The molecule has 3 aromatic rings. The molecule has 3 aromatic carbocycles. The molecule has 0 unspecified atom stereocenters. The fraction of sp³-hybridized carbons (Fsp3) is 0.457. The second-order valence-corrected chi connectivity index (χ2v) is 18.8. The van der Waals surface area contributed by atoms with Crippen LogP contribution in [0.25, 0.3) is 0 Å². The number of benzene rings is 3. The number of sulfone groups is 1. The highest BCUT2D eigenvalue weighted by Crippen LogP contribution is 2.23. The third kappa shape index (κ3) is 17.6. The van der Waals surface area contributed by atoms with Crippen LogP contribution >= 0.6 is 0 Å². The molecule has 0 saturated heterocycles. The van der Waals surface area contributed by atoms with Gasteiger partial charge in [0.1, 0.15) is 23.6 Å². The van der Waals surface area contributed by atoms with Gasteiger partial charge in [0.2, 0.25) is 11.8 Å². The average molecular weight is 833 g/mol. The van der Waals surface area contributed by atoms with E-state index in [2.05, 4.69) is 10.6 Å². The summed E-state index contributed by atoms with van der Waals surface area (Å²) in [5.74, 6) is -4.35. The molecule has 0 saturated carbocycles. The summed E-state index contributed by atoms with van der Waals surface area (Å²) in [6.45, 7) is 16.0. The van der Waals surface area contributed by atoms with Crippen LogP contribution in [0.15, 0.2) is 101 Å². The third-order valence-corrected chi connectivity index (χ3v) is 10.3. The van der Waals surface area contributed by atoms with Gasteiger partial charge in [-0.2, -0.15) is 0 Å². The molecule has 3 rings (SSSR count). The number of ether oxygens (including phenoxy) is 3. The Morgan fingerprint density at radius 1 is 0.678 bits per heavy atom. The van der Waals surface area contributed by atoms with Crippen LogP contribution in [0.2, 0.25) is 0 Å². The molecule has 13 heteroatoms. The Hall–Kier alpha value is -5.30. The molecule has 2 amide bonds. The van der Waals surface area contributed by atoms with Gasteiger partial charge < -0.3 is 24.8 Å². The van der Waals surface area contributed by atoms with Gasteiger partial charge in [0.15, 0.2) is 15.6 Å². The molecule has 0 heterocycles. The minimum atomic E-state index is -3.91. The summed E-state index contributed by atoms with van der Waals surface area (Å²) < 4.78 is 42.8. The van der Waals surface area contributed by atoms with E-state index in [1.807, 2.05) is 63.2 Å². The number of Topliss-reactive ketones (excluding diaryl/α,β-unsaturated/α-hetero) is 1. The topological polar surface area (TPSA) is 171 Å². The van der Waals surface area contributed by atoms with Crippen molar-refractivity contribution in [2.24, 2.45) is 17.8 Å². The molecule has 12 nitrogen and oxygen atoms in total. The van der Waals surface area contributed by atoms with Crippen molar-refractivity contribution in [2.75, 3.05) is 0 Å². The minimum absolute atomic E-state index is 0.0363. The number of carbonyl (C=O) groups is 5. The van der Waals surface area contributed by atoms with Gasteiger partial charge in [-0.15, -0.1) is 0 Å². The van der Waals surface area contributed by atoms with E-state index in [4.69, 9.17) is 14.2 Å².